The van der Waals surface area contributed by atoms with Crippen LogP contribution in [0.25, 0.3) is 11.1 Å². The maximum absolute atomic E-state index is 14.2. The molecule has 2 heterocycles. The van der Waals surface area contributed by atoms with Gasteiger partial charge in [0, 0.05) is 42.2 Å². The average Bonchev–Trinajstić information content (AvgIpc) is 3.25. The first kappa shape index (κ1) is 31.3. The number of benzene rings is 2. The van der Waals surface area contributed by atoms with E-state index in [1.807, 2.05) is 0 Å². The van der Waals surface area contributed by atoms with E-state index in [0.717, 1.165) is 35.7 Å². The lowest BCUT2D eigenvalue weighted by atomic mass is 9.94. The van der Waals surface area contributed by atoms with E-state index >= 15 is 0 Å². The van der Waals surface area contributed by atoms with Crippen molar-refractivity contribution >= 4 is 11.8 Å². The van der Waals surface area contributed by atoms with Gasteiger partial charge in [-0.3, -0.25) is 19.3 Å². The van der Waals surface area contributed by atoms with Gasteiger partial charge in [-0.1, -0.05) is 12.1 Å². The fourth-order valence-electron chi connectivity index (χ4n) is 6.19. The van der Waals surface area contributed by atoms with Crippen LogP contribution in [0.15, 0.2) is 60.9 Å². The van der Waals surface area contributed by atoms with Gasteiger partial charge in [0.2, 0.25) is 5.91 Å². The number of nitrogens with two attached hydrogens (primary N) is 1. The van der Waals surface area contributed by atoms with Gasteiger partial charge in [0.15, 0.2) is 5.69 Å². The van der Waals surface area contributed by atoms with E-state index in [9.17, 15) is 35.9 Å². The first-order chi connectivity index (χ1) is 21.9. The molecule has 2 unspecified atom stereocenters. The third kappa shape index (κ3) is 6.62. The number of aromatic nitrogens is 3. The average molecular weight is 643 g/mol. The monoisotopic (exact) mass is 642 g/mol. The minimum absolute atomic E-state index is 0.0514. The molecule has 2 aromatic heterocycles. The van der Waals surface area contributed by atoms with Crippen LogP contribution in [-0.4, -0.2) is 32.6 Å². The van der Waals surface area contributed by atoms with Crippen LogP contribution < -0.4 is 16.4 Å². The van der Waals surface area contributed by atoms with Crippen molar-refractivity contribution in [2.75, 3.05) is 0 Å². The zero-order chi connectivity index (χ0) is 32.7. The van der Waals surface area contributed by atoms with Gasteiger partial charge in [-0.25, -0.2) is 13.2 Å². The number of hydrogen-bond donors (Lipinski definition) is 3. The Balaban J connectivity index is 1.29. The number of alkyl halides is 3. The Kier molecular flexibility index (Phi) is 8.32. The lowest BCUT2D eigenvalue weighted by Crippen LogP contribution is -2.34. The molecular formula is C32H28F6N6O2. The second-order valence-corrected chi connectivity index (χ2v) is 11.6. The lowest BCUT2D eigenvalue weighted by Gasteiger charge is -2.22. The number of primary amides is 1. The molecule has 0 aliphatic heterocycles. The number of nitrogens with one attached hydrogen (secondary N) is 2. The molecule has 46 heavy (non-hydrogen) atoms. The summed E-state index contributed by atoms with van der Waals surface area (Å²) in [6, 6.07) is 8.70. The highest BCUT2D eigenvalue weighted by Crippen LogP contribution is 2.55. The number of carbonyl (C=O) groups is 2. The molecule has 0 bridgehead atoms. The molecule has 2 amide bonds. The van der Waals surface area contributed by atoms with Crippen LogP contribution in [-0.2, 0) is 30.5 Å². The molecular weight excluding hydrogens is 614 g/mol. The lowest BCUT2D eigenvalue weighted by molar-refractivity contribution is -0.142. The van der Waals surface area contributed by atoms with Crippen molar-refractivity contribution in [2.45, 2.75) is 50.6 Å². The molecule has 2 fully saturated rings. The largest absolute Gasteiger partial charge is 0.435 e. The zero-order valence-electron chi connectivity index (χ0n) is 24.1. The Labute approximate surface area is 259 Å². The molecule has 0 saturated heterocycles. The van der Waals surface area contributed by atoms with Gasteiger partial charge in [-0.05, 0) is 72.6 Å². The molecule has 8 nitrogen and oxygen atoms in total. The van der Waals surface area contributed by atoms with Crippen molar-refractivity contribution in [1.29, 1.82) is 0 Å². The Morgan fingerprint density at radius 3 is 2.39 bits per heavy atom. The highest BCUT2D eigenvalue weighted by atomic mass is 19.4. The predicted octanol–water partition coefficient (Wildman–Crippen LogP) is 5.08. The maximum Gasteiger partial charge on any atom is 0.435 e. The molecule has 0 spiro atoms. The second kappa shape index (κ2) is 12.2. The van der Waals surface area contributed by atoms with Crippen LogP contribution in [0.2, 0.25) is 0 Å². The molecule has 2 aliphatic rings. The Bertz CT molecular complexity index is 1780. The molecule has 2 aromatic carbocycles. The summed E-state index contributed by atoms with van der Waals surface area (Å²) in [5.74, 6) is -3.32. The summed E-state index contributed by atoms with van der Waals surface area (Å²) in [6.45, 7) is -0.652. The number of fused-ring (bicyclic) bond motifs is 1. The van der Waals surface area contributed by atoms with E-state index in [2.05, 4.69) is 20.7 Å². The summed E-state index contributed by atoms with van der Waals surface area (Å²) in [7, 11) is 0. The van der Waals surface area contributed by atoms with Crippen molar-refractivity contribution in [2.24, 2.45) is 17.6 Å². The number of rotatable bonds is 11. The minimum atomic E-state index is -4.74. The van der Waals surface area contributed by atoms with Crippen molar-refractivity contribution in [1.82, 2.24) is 25.4 Å². The summed E-state index contributed by atoms with van der Waals surface area (Å²) in [5, 5.41) is 9.53. The van der Waals surface area contributed by atoms with Crippen LogP contribution in [0.1, 0.15) is 51.8 Å². The first-order valence-electron chi connectivity index (χ1n) is 14.5. The third-order valence-corrected chi connectivity index (χ3v) is 8.51. The van der Waals surface area contributed by atoms with E-state index in [1.54, 1.807) is 12.1 Å². The maximum atomic E-state index is 14.2. The molecule has 2 saturated carbocycles. The van der Waals surface area contributed by atoms with E-state index in [4.69, 9.17) is 5.73 Å². The van der Waals surface area contributed by atoms with Gasteiger partial charge < -0.3 is 16.4 Å². The number of nitrogens with zero attached hydrogens (tertiary/aromatic N) is 3. The summed E-state index contributed by atoms with van der Waals surface area (Å²) >= 11 is 0. The van der Waals surface area contributed by atoms with Crippen LogP contribution >= 0.6 is 0 Å². The van der Waals surface area contributed by atoms with Crippen molar-refractivity contribution in [3.63, 3.8) is 0 Å². The fraction of sp³-hybridized carbons (Fsp3) is 0.312. The van der Waals surface area contributed by atoms with Gasteiger partial charge >= 0.3 is 6.18 Å². The van der Waals surface area contributed by atoms with Crippen molar-refractivity contribution in [3.8, 4) is 11.1 Å². The molecule has 6 rings (SSSR count). The first-order valence-corrected chi connectivity index (χ1v) is 14.5. The topological polar surface area (TPSA) is 115 Å². The van der Waals surface area contributed by atoms with Gasteiger partial charge in [-0.2, -0.15) is 18.3 Å². The Morgan fingerprint density at radius 1 is 1.02 bits per heavy atom. The SMILES string of the molecule is NC(=O)c1cc(-c2cccnc2[C@H](Cc2cc(F)cc(F)c2)NC(=O)Cn2cc(CNC3C4CCC43)c(C(F)(F)F)n2)ccc1F. The van der Waals surface area contributed by atoms with Crippen LogP contribution in [0.3, 0.4) is 0 Å². The number of amides is 2. The van der Waals surface area contributed by atoms with Crippen LogP contribution in [0.5, 0.6) is 0 Å². The molecule has 240 valence electrons. The number of carbonyl (C=O) groups excluding carboxylic acids is 2. The third-order valence-electron chi connectivity index (χ3n) is 8.51. The standard InChI is InChI=1S/C32H28F6N6O2/c33-19-8-16(9-20(34)12-19)10-26(29-21(2-1-7-40-29)17-3-6-25(35)24(11-17)31(39)46)42-27(45)15-44-14-18(30(43-44)32(36,37)38)13-41-28-22-4-5-23(22)28/h1-3,6-9,11-12,14,22-23,26,28,41H,4-5,10,13,15H2,(H2,39,46)(H,42,45)/t22?,23?,26-,28?/m0/s1. The normalized spacial score (nSPS) is 19.2. The van der Waals surface area contributed by atoms with Crippen LogP contribution in [0.4, 0.5) is 26.3 Å². The molecule has 3 atom stereocenters. The van der Waals surface area contributed by atoms with Crippen molar-refractivity contribution in [3.05, 3.63) is 106 Å². The van der Waals surface area contributed by atoms with Gasteiger partial charge in [-0.15, -0.1) is 0 Å². The number of halogens is 6. The van der Waals surface area contributed by atoms with Crippen molar-refractivity contribution < 1.29 is 35.9 Å². The van der Waals surface area contributed by atoms with Crippen LogP contribution in [0, 0.1) is 29.3 Å². The number of hydrogen-bond acceptors (Lipinski definition) is 5. The predicted molar refractivity (Wildman–Crippen MR) is 153 cm³/mol. The summed E-state index contributed by atoms with van der Waals surface area (Å²) < 4.78 is 84.8. The smallest absolute Gasteiger partial charge is 0.366 e. The van der Waals surface area contributed by atoms with E-state index in [0.29, 0.717) is 29.0 Å². The summed E-state index contributed by atoms with van der Waals surface area (Å²) in [5.41, 5.74) is 4.72. The van der Waals surface area contributed by atoms with E-state index in [-0.39, 0.29) is 41.4 Å². The summed E-state index contributed by atoms with van der Waals surface area (Å²) in [4.78, 5) is 29.5. The molecule has 0 radical (unpaired) electrons. The highest BCUT2D eigenvalue weighted by molar-refractivity contribution is 5.94. The van der Waals surface area contributed by atoms with E-state index in [1.165, 1.54) is 24.5 Å². The van der Waals surface area contributed by atoms with E-state index < -0.39 is 53.7 Å². The second-order valence-electron chi connectivity index (χ2n) is 11.6. The van der Waals surface area contributed by atoms with Gasteiger partial charge in [0.1, 0.15) is 24.0 Å². The molecule has 2 aliphatic carbocycles. The zero-order valence-corrected chi connectivity index (χ0v) is 24.1. The summed E-state index contributed by atoms with van der Waals surface area (Å²) in [6.07, 6.45) is -0.234. The Morgan fingerprint density at radius 2 is 1.74 bits per heavy atom. The fourth-order valence-corrected chi connectivity index (χ4v) is 6.19. The molecule has 4 aromatic rings. The molecule has 14 heteroatoms. The highest BCUT2D eigenvalue weighted by Gasteiger charge is 2.56. The molecule has 4 N–H and O–H groups in total. The van der Waals surface area contributed by atoms with Gasteiger partial charge in [0.05, 0.1) is 17.3 Å². The minimum Gasteiger partial charge on any atom is -0.366 e. The van der Waals surface area contributed by atoms with Gasteiger partial charge in [0.25, 0.3) is 5.91 Å². The number of pyridine rings is 1. The Hall–Kier alpha value is -4.72. The quantitative estimate of drug-likeness (QED) is 0.198.